The first-order valence-corrected chi connectivity index (χ1v) is 7.21. The molecule has 5 nitrogen and oxygen atoms in total. The molecule has 0 spiro atoms. The molecule has 2 rings (SSSR count). The minimum atomic E-state index is 0.841. The number of hydrogen-bond donors (Lipinski definition) is 1. The van der Waals surface area contributed by atoms with E-state index in [9.17, 15) is 0 Å². The van der Waals surface area contributed by atoms with Crippen LogP contribution in [0.25, 0.3) is 5.82 Å². The number of anilines is 1. The fourth-order valence-corrected chi connectivity index (χ4v) is 2.14. The summed E-state index contributed by atoms with van der Waals surface area (Å²) in [7, 11) is 0. The third kappa shape index (κ3) is 2.81. The quantitative estimate of drug-likeness (QED) is 0.910. The van der Waals surface area contributed by atoms with Gasteiger partial charge < -0.3 is 5.32 Å². The zero-order valence-corrected chi connectivity index (χ0v) is 13.0. The number of nitrogens with one attached hydrogen (secondary N) is 1. The van der Waals surface area contributed by atoms with E-state index in [1.807, 2.05) is 17.7 Å². The van der Waals surface area contributed by atoms with Gasteiger partial charge in [0.2, 0.25) is 0 Å². The average molecular weight is 273 g/mol. The van der Waals surface area contributed by atoms with Crippen LogP contribution in [0.2, 0.25) is 0 Å². The smallest absolute Gasteiger partial charge is 0.159 e. The molecule has 20 heavy (non-hydrogen) atoms. The van der Waals surface area contributed by atoms with Crippen LogP contribution in [-0.2, 0) is 6.42 Å². The van der Waals surface area contributed by atoms with Crippen molar-refractivity contribution in [3.8, 4) is 5.82 Å². The Bertz CT molecular complexity index is 576. The Morgan fingerprint density at radius 3 is 2.45 bits per heavy atom. The van der Waals surface area contributed by atoms with Gasteiger partial charge in [0.15, 0.2) is 5.82 Å². The molecule has 2 heterocycles. The Hall–Kier alpha value is -1.91. The number of aryl methyl sites for hydroxylation is 2. The van der Waals surface area contributed by atoms with Gasteiger partial charge in [0, 0.05) is 24.7 Å². The Kier molecular flexibility index (Phi) is 4.37. The molecule has 0 saturated carbocycles. The molecule has 0 atom stereocenters. The molecule has 0 unspecified atom stereocenters. The van der Waals surface area contributed by atoms with E-state index in [-0.39, 0.29) is 0 Å². The van der Waals surface area contributed by atoms with Gasteiger partial charge >= 0.3 is 0 Å². The van der Waals surface area contributed by atoms with Crippen molar-refractivity contribution >= 4 is 5.82 Å². The van der Waals surface area contributed by atoms with E-state index in [1.165, 1.54) is 5.56 Å². The Morgan fingerprint density at radius 1 is 1.15 bits per heavy atom. The zero-order chi connectivity index (χ0) is 14.7. The molecular formula is C15H23N5. The zero-order valence-electron chi connectivity index (χ0n) is 13.0. The minimum Gasteiger partial charge on any atom is -0.370 e. The summed E-state index contributed by atoms with van der Waals surface area (Å²) < 4.78 is 1.91. The van der Waals surface area contributed by atoms with Crippen molar-refractivity contribution < 1.29 is 0 Å². The standard InChI is InChI=1S/C15H23N5/c1-6-8-13-17-14(16-7-2)9-15(18-13)20-12(5)10(3)11(4)19-20/h9H,6-8H2,1-5H3,(H,16,17,18). The lowest BCUT2D eigenvalue weighted by atomic mass is 10.2. The van der Waals surface area contributed by atoms with Crippen molar-refractivity contribution in [3.05, 3.63) is 28.8 Å². The highest BCUT2D eigenvalue weighted by molar-refractivity contribution is 5.43. The molecule has 0 aliphatic carbocycles. The molecular weight excluding hydrogens is 250 g/mol. The number of nitrogens with zero attached hydrogens (tertiary/aromatic N) is 4. The molecule has 0 radical (unpaired) electrons. The van der Waals surface area contributed by atoms with E-state index in [0.29, 0.717) is 0 Å². The molecule has 2 aromatic rings. The number of aromatic nitrogens is 4. The highest BCUT2D eigenvalue weighted by Crippen LogP contribution is 2.18. The first kappa shape index (κ1) is 14.5. The highest BCUT2D eigenvalue weighted by Gasteiger charge is 2.12. The monoisotopic (exact) mass is 273 g/mol. The molecule has 0 amide bonds. The van der Waals surface area contributed by atoms with Gasteiger partial charge in [0.1, 0.15) is 11.6 Å². The normalized spacial score (nSPS) is 10.8. The summed E-state index contributed by atoms with van der Waals surface area (Å²) in [6.45, 7) is 11.2. The van der Waals surface area contributed by atoms with E-state index in [1.54, 1.807) is 0 Å². The van der Waals surface area contributed by atoms with E-state index in [4.69, 9.17) is 0 Å². The Labute approximate surface area is 120 Å². The summed E-state index contributed by atoms with van der Waals surface area (Å²) in [5, 5.41) is 7.85. The summed E-state index contributed by atoms with van der Waals surface area (Å²) in [5.41, 5.74) is 3.39. The third-order valence-corrected chi connectivity index (χ3v) is 3.46. The van der Waals surface area contributed by atoms with Crippen LogP contribution in [0.3, 0.4) is 0 Å². The maximum atomic E-state index is 4.64. The van der Waals surface area contributed by atoms with Gasteiger partial charge in [-0.3, -0.25) is 0 Å². The Morgan fingerprint density at radius 2 is 1.90 bits per heavy atom. The van der Waals surface area contributed by atoms with Gasteiger partial charge in [0.05, 0.1) is 5.69 Å². The van der Waals surface area contributed by atoms with Crippen LogP contribution in [0.5, 0.6) is 0 Å². The highest BCUT2D eigenvalue weighted by atomic mass is 15.3. The lowest BCUT2D eigenvalue weighted by molar-refractivity contribution is 0.766. The molecule has 2 aromatic heterocycles. The van der Waals surface area contributed by atoms with Crippen LogP contribution >= 0.6 is 0 Å². The lowest BCUT2D eigenvalue weighted by Crippen LogP contribution is -2.09. The van der Waals surface area contributed by atoms with Crippen molar-refractivity contribution in [1.82, 2.24) is 19.7 Å². The summed E-state index contributed by atoms with van der Waals surface area (Å²) in [6.07, 6.45) is 1.91. The van der Waals surface area contributed by atoms with Gasteiger partial charge in [-0.2, -0.15) is 5.10 Å². The molecule has 0 aliphatic rings. The van der Waals surface area contributed by atoms with E-state index in [0.717, 1.165) is 48.2 Å². The van der Waals surface area contributed by atoms with Crippen LogP contribution < -0.4 is 5.32 Å². The molecule has 108 valence electrons. The predicted octanol–water partition coefficient (Wildman–Crippen LogP) is 2.97. The molecule has 1 N–H and O–H groups in total. The Balaban J connectivity index is 2.51. The van der Waals surface area contributed by atoms with E-state index < -0.39 is 0 Å². The molecule has 0 aliphatic heterocycles. The second kappa shape index (κ2) is 6.03. The third-order valence-electron chi connectivity index (χ3n) is 3.46. The van der Waals surface area contributed by atoms with Crippen molar-refractivity contribution in [2.24, 2.45) is 0 Å². The van der Waals surface area contributed by atoms with Gasteiger partial charge in [-0.05, 0) is 39.7 Å². The van der Waals surface area contributed by atoms with Crippen molar-refractivity contribution in [2.45, 2.75) is 47.5 Å². The largest absolute Gasteiger partial charge is 0.370 e. The molecule has 0 saturated heterocycles. The van der Waals surface area contributed by atoms with Gasteiger partial charge in [-0.25, -0.2) is 14.6 Å². The molecule has 5 heteroatoms. The van der Waals surface area contributed by atoms with Crippen LogP contribution in [0.15, 0.2) is 6.07 Å². The fraction of sp³-hybridized carbons (Fsp3) is 0.533. The summed E-state index contributed by atoms with van der Waals surface area (Å²) in [5.74, 6) is 2.57. The van der Waals surface area contributed by atoms with Crippen LogP contribution in [0, 0.1) is 20.8 Å². The molecule has 0 aromatic carbocycles. The average Bonchev–Trinajstić information content (AvgIpc) is 2.67. The second-order valence-corrected chi connectivity index (χ2v) is 5.02. The maximum Gasteiger partial charge on any atom is 0.159 e. The predicted molar refractivity (Wildman–Crippen MR) is 81.5 cm³/mol. The number of rotatable bonds is 5. The number of hydrogen-bond acceptors (Lipinski definition) is 4. The molecule has 0 fully saturated rings. The maximum absolute atomic E-state index is 4.64. The van der Waals surface area contributed by atoms with Crippen LogP contribution in [0.4, 0.5) is 5.82 Å². The summed E-state index contributed by atoms with van der Waals surface area (Å²) >= 11 is 0. The van der Waals surface area contributed by atoms with Gasteiger partial charge in [0.25, 0.3) is 0 Å². The summed E-state index contributed by atoms with van der Waals surface area (Å²) in [4.78, 5) is 9.17. The van der Waals surface area contributed by atoms with Gasteiger partial charge in [-0.1, -0.05) is 6.92 Å². The SMILES string of the molecule is CCCc1nc(NCC)cc(-n2nc(C)c(C)c2C)n1. The molecule has 0 bridgehead atoms. The first-order valence-electron chi connectivity index (χ1n) is 7.21. The topological polar surface area (TPSA) is 55.6 Å². The van der Waals surface area contributed by atoms with Crippen LogP contribution in [-0.4, -0.2) is 26.3 Å². The van der Waals surface area contributed by atoms with Crippen molar-refractivity contribution in [1.29, 1.82) is 0 Å². The second-order valence-electron chi connectivity index (χ2n) is 5.02. The first-order chi connectivity index (χ1) is 9.56. The minimum absolute atomic E-state index is 0.841. The van der Waals surface area contributed by atoms with Gasteiger partial charge in [-0.15, -0.1) is 0 Å². The lowest BCUT2D eigenvalue weighted by Gasteiger charge is -2.09. The van der Waals surface area contributed by atoms with Crippen molar-refractivity contribution in [3.63, 3.8) is 0 Å². The fourth-order valence-electron chi connectivity index (χ4n) is 2.14. The van der Waals surface area contributed by atoms with Crippen molar-refractivity contribution in [2.75, 3.05) is 11.9 Å². The summed E-state index contributed by atoms with van der Waals surface area (Å²) in [6, 6.07) is 1.96. The van der Waals surface area contributed by atoms with Crippen LogP contribution in [0.1, 0.15) is 43.0 Å². The van der Waals surface area contributed by atoms with E-state index in [2.05, 4.69) is 48.1 Å². The van der Waals surface area contributed by atoms with E-state index >= 15 is 0 Å².